The molecule has 1 amide bonds. The first-order valence-corrected chi connectivity index (χ1v) is 3.86. The smallest absolute Gasteiger partial charge is 0.247 e. The molecule has 0 heterocycles. The maximum atomic E-state index is 10.9. The van der Waals surface area contributed by atoms with Gasteiger partial charge >= 0.3 is 0 Å². The number of allylic oxidation sites excluding steroid dienone is 2. The van der Waals surface area contributed by atoms with E-state index in [1.54, 1.807) is 0 Å². The lowest BCUT2D eigenvalue weighted by molar-refractivity contribution is -0.115. The molecule has 0 radical (unpaired) electrons. The molecule has 2 heteroatoms. The molecule has 11 heavy (non-hydrogen) atoms. The van der Waals surface area contributed by atoms with Crippen molar-refractivity contribution in [1.29, 1.82) is 0 Å². The van der Waals surface area contributed by atoms with Crippen molar-refractivity contribution in [2.24, 2.45) is 0 Å². The molecule has 0 atom stereocenters. The molecule has 0 bridgehead atoms. The molecule has 0 aromatic rings. The number of hydrogen-bond donors (Lipinski definition) is 1. The molecule has 0 fully saturated rings. The van der Waals surface area contributed by atoms with Crippen LogP contribution in [0.15, 0.2) is 24.4 Å². The Bertz CT molecular complexity index is 170. The van der Waals surface area contributed by atoms with Crippen molar-refractivity contribution < 1.29 is 4.79 Å². The van der Waals surface area contributed by atoms with Crippen LogP contribution in [0.3, 0.4) is 0 Å². The van der Waals surface area contributed by atoms with E-state index in [-0.39, 0.29) is 5.91 Å². The van der Waals surface area contributed by atoms with Crippen LogP contribution in [0.1, 0.15) is 26.7 Å². The summed E-state index contributed by atoms with van der Waals surface area (Å²) in [5.41, 5.74) is 0.760. The second kappa shape index (κ2) is 5.71. The van der Waals surface area contributed by atoms with Gasteiger partial charge < -0.3 is 5.32 Å². The molecule has 0 spiro atoms. The Morgan fingerprint density at radius 3 is 2.64 bits per heavy atom. The Labute approximate surface area is 68.0 Å². The van der Waals surface area contributed by atoms with Crippen LogP contribution in [0.4, 0.5) is 0 Å². The molecule has 0 aliphatic rings. The summed E-state index contributed by atoms with van der Waals surface area (Å²) in [4.78, 5) is 10.9. The Morgan fingerprint density at radius 2 is 2.18 bits per heavy atom. The standard InChI is InChI=1S/C9H15NO/c1-4-6-7-9(11)10-8(3)5-2/h6-7H,3-5H2,1-2H3,(H,10,11). The Balaban J connectivity index is 3.69. The largest absolute Gasteiger partial charge is 0.327 e. The van der Waals surface area contributed by atoms with E-state index in [4.69, 9.17) is 0 Å². The first-order chi connectivity index (χ1) is 5.20. The topological polar surface area (TPSA) is 29.1 Å². The minimum absolute atomic E-state index is 0.0845. The van der Waals surface area contributed by atoms with Crippen molar-refractivity contribution in [3.8, 4) is 0 Å². The van der Waals surface area contributed by atoms with E-state index in [2.05, 4.69) is 11.9 Å². The fourth-order valence-electron chi connectivity index (χ4n) is 0.529. The predicted molar refractivity (Wildman–Crippen MR) is 47.0 cm³/mol. The van der Waals surface area contributed by atoms with E-state index in [0.29, 0.717) is 0 Å². The van der Waals surface area contributed by atoms with Crippen LogP contribution in [-0.2, 0) is 4.79 Å². The van der Waals surface area contributed by atoms with E-state index in [1.807, 2.05) is 19.9 Å². The third-order valence-corrected chi connectivity index (χ3v) is 1.23. The Kier molecular flexibility index (Phi) is 5.17. The average molecular weight is 153 g/mol. The average Bonchev–Trinajstić information content (AvgIpc) is 2.00. The monoisotopic (exact) mass is 153 g/mol. The van der Waals surface area contributed by atoms with Gasteiger partial charge in [0.05, 0.1) is 0 Å². The predicted octanol–water partition coefficient (Wildman–Crippen LogP) is 1.99. The fraction of sp³-hybridized carbons (Fsp3) is 0.444. The molecule has 0 aromatic heterocycles. The summed E-state index contributed by atoms with van der Waals surface area (Å²) < 4.78 is 0. The van der Waals surface area contributed by atoms with Gasteiger partial charge in [-0.15, -0.1) is 0 Å². The number of amides is 1. The van der Waals surface area contributed by atoms with Crippen molar-refractivity contribution in [2.75, 3.05) is 0 Å². The molecule has 0 saturated heterocycles. The molecular formula is C9H15NO. The van der Waals surface area contributed by atoms with Crippen molar-refractivity contribution in [2.45, 2.75) is 26.7 Å². The molecule has 1 N–H and O–H groups in total. The van der Waals surface area contributed by atoms with Crippen molar-refractivity contribution in [1.82, 2.24) is 5.32 Å². The highest BCUT2D eigenvalue weighted by molar-refractivity contribution is 5.88. The first-order valence-electron chi connectivity index (χ1n) is 3.86. The first kappa shape index (κ1) is 9.95. The SMILES string of the molecule is C=C(CC)NC(=O)C=CCC. The van der Waals surface area contributed by atoms with Crippen LogP contribution in [0.2, 0.25) is 0 Å². The van der Waals surface area contributed by atoms with Crippen LogP contribution in [0.5, 0.6) is 0 Å². The van der Waals surface area contributed by atoms with Crippen LogP contribution < -0.4 is 5.32 Å². The molecule has 0 saturated carbocycles. The molecule has 62 valence electrons. The summed E-state index contributed by atoms with van der Waals surface area (Å²) in [5, 5.41) is 2.64. The summed E-state index contributed by atoms with van der Waals surface area (Å²) in [6.45, 7) is 7.59. The molecule has 2 nitrogen and oxygen atoms in total. The zero-order valence-corrected chi connectivity index (χ0v) is 7.18. The lowest BCUT2D eigenvalue weighted by Gasteiger charge is -2.00. The van der Waals surface area contributed by atoms with Crippen LogP contribution in [0.25, 0.3) is 0 Å². The maximum Gasteiger partial charge on any atom is 0.247 e. The normalized spacial score (nSPS) is 10.0. The quantitative estimate of drug-likeness (QED) is 0.615. The fourth-order valence-corrected chi connectivity index (χ4v) is 0.529. The summed E-state index contributed by atoms with van der Waals surface area (Å²) in [6, 6.07) is 0. The van der Waals surface area contributed by atoms with Crippen molar-refractivity contribution in [3.63, 3.8) is 0 Å². The van der Waals surface area contributed by atoms with E-state index in [9.17, 15) is 4.79 Å². The highest BCUT2D eigenvalue weighted by atomic mass is 16.1. The van der Waals surface area contributed by atoms with Crippen LogP contribution in [-0.4, -0.2) is 5.91 Å². The van der Waals surface area contributed by atoms with Gasteiger partial charge in [0, 0.05) is 5.70 Å². The summed E-state index contributed by atoms with van der Waals surface area (Å²) in [7, 11) is 0. The third-order valence-electron chi connectivity index (χ3n) is 1.23. The molecule has 0 rings (SSSR count). The van der Waals surface area contributed by atoms with Crippen LogP contribution >= 0.6 is 0 Å². The zero-order chi connectivity index (χ0) is 8.69. The Morgan fingerprint density at radius 1 is 1.55 bits per heavy atom. The molecule has 0 aromatic carbocycles. The second-order valence-electron chi connectivity index (χ2n) is 2.26. The highest BCUT2D eigenvalue weighted by Crippen LogP contribution is 1.90. The lowest BCUT2D eigenvalue weighted by Crippen LogP contribution is -2.18. The third kappa shape index (κ3) is 5.40. The molecular weight excluding hydrogens is 138 g/mol. The minimum Gasteiger partial charge on any atom is -0.327 e. The number of hydrogen-bond acceptors (Lipinski definition) is 1. The second-order valence-corrected chi connectivity index (χ2v) is 2.26. The van der Waals surface area contributed by atoms with Gasteiger partial charge in [-0.25, -0.2) is 0 Å². The van der Waals surface area contributed by atoms with Gasteiger partial charge in [-0.1, -0.05) is 26.5 Å². The van der Waals surface area contributed by atoms with E-state index >= 15 is 0 Å². The van der Waals surface area contributed by atoms with Gasteiger partial charge in [-0.05, 0) is 18.9 Å². The van der Waals surface area contributed by atoms with Crippen LogP contribution in [0, 0.1) is 0 Å². The van der Waals surface area contributed by atoms with E-state index in [0.717, 1.165) is 18.5 Å². The van der Waals surface area contributed by atoms with Gasteiger partial charge in [-0.3, -0.25) is 4.79 Å². The molecule has 0 aliphatic heterocycles. The molecule has 0 aliphatic carbocycles. The van der Waals surface area contributed by atoms with E-state index < -0.39 is 0 Å². The van der Waals surface area contributed by atoms with Gasteiger partial charge in [0.25, 0.3) is 0 Å². The number of nitrogens with one attached hydrogen (secondary N) is 1. The maximum absolute atomic E-state index is 10.9. The highest BCUT2D eigenvalue weighted by Gasteiger charge is 1.93. The zero-order valence-electron chi connectivity index (χ0n) is 7.18. The number of carbonyl (C=O) groups excluding carboxylic acids is 1. The van der Waals surface area contributed by atoms with E-state index in [1.165, 1.54) is 6.08 Å². The summed E-state index contributed by atoms with van der Waals surface area (Å²) >= 11 is 0. The van der Waals surface area contributed by atoms with Gasteiger partial charge in [-0.2, -0.15) is 0 Å². The summed E-state index contributed by atoms with van der Waals surface area (Å²) in [6.07, 6.45) is 5.01. The number of rotatable bonds is 4. The van der Waals surface area contributed by atoms with Gasteiger partial charge in [0.15, 0.2) is 0 Å². The van der Waals surface area contributed by atoms with Gasteiger partial charge in [0.2, 0.25) is 5.91 Å². The van der Waals surface area contributed by atoms with Crippen molar-refractivity contribution in [3.05, 3.63) is 24.4 Å². The lowest BCUT2D eigenvalue weighted by atomic mass is 10.3. The van der Waals surface area contributed by atoms with Gasteiger partial charge in [0.1, 0.15) is 0 Å². The minimum atomic E-state index is -0.0845. The van der Waals surface area contributed by atoms with Crippen molar-refractivity contribution >= 4 is 5.91 Å². The number of carbonyl (C=O) groups is 1. The molecule has 0 unspecified atom stereocenters. The summed E-state index contributed by atoms with van der Waals surface area (Å²) in [5.74, 6) is -0.0845. The Hall–Kier alpha value is -1.05.